The Hall–Kier alpha value is -1.70. The summed E-state index contributed by atoms with van der Waals surface area (Å²) in [4.78, 5) is 28.6. The summed E-state index contributed by atoms with van der Waals surface area (Å²) in [5.74, 6) is -0.917. The van der Waals surface area contributed by atoms with Crippen molar-refractivity contribution in [3.63, 3.8) is 0 Å². The molecule has 2 fully saturated rings. The molecule has 0 radical (unpaired) electrons. The van der Waals surface area contributed by atoms with Crippen LogP contribution in [0.5, 0.6) is 0 Å². The molecule has 4 rings (SSSR count). The summed E-state index contributed by atoms with van der Waals surface area (Å²) in [5, 5.41) is 4.94. The molecule has 1 aromatic heterocycles. The smallest absolute Gasteiger partial charge is 0.230 e. The molecule has 7 heteroatoms. The number of amides is 2. The predicted octanol–water partition coefficient (Wildman–Crippen LogP) is 1.18. The molecule has 4 unspecified atom stereocenters. The minimum atomic E-state index is -0.631. The SMILES string of the molecule is COCCCNC(=O)C1C2C=CC3(CN(Cc4cccs4)C(=O)C13)O2. The van der Waals surface area contributed by atoms with E-state index in [0.717, 1.165) is 11.3 Å². The van der Waals surface area contributed by atoms with E-state index < -0.39 is 17.4 Å². The Bertz CT molecular complexity index is 689. The number of hydrogen-bond acceptors (Lipinski definition) is 5. The first-order valence-corrected chi connectivity index (χ1v) is 9.47. The molecule has 2 bridgehead atoms. The number of nitrogens with zero attached hydrogens (tertiary/aromatic N) is 1. The summed E-state index contributed by atoms with van der Waals surface area (Å²) in [5.41, 5.74) is -0.631. The molecule has 1 N–H and O–H groups in total. The number of rotatable bonds is 7. The van der Waals surface area contributed by atoms with Crippen molar-refractivity contribution in [1.29, 1.82) is 0 Å². The summed E-state index contributed by atoms with van der Waals surface area (Å²) in [6.07, 6.45) is 4.39. The molecule has 1 aromatic rings. The van der Waals surface area contributed by atoms with E-state index in [1.165, 1.54) is 0 Å². The van der Waals surface area contributed by atoms with Gasteiger partial charge in [-0.15, -0.1) is 11.3 Å². The highest BCUT2D eigenvalue weighted by Gasteiger charge is 2.66. The first kappa shape index (κ1) is 16.8. The van der Waals surface area contributed by atoms with Gasteiger partial charge in [0.2, 0.25) is 11.8 Å². The van der Waals surface area contributed by atoms with Crippen molar-refractivity contribution in [3.8, 4) is 0 Å². The molecule has 2 amide bonds. The van der Waals surface area contributed by atoms with Crippen molar-refractivity contribution in [3.05, 3.63) is 34.5 Å². The van der Waals surface area contributed by atoms with E-state index in [9.17, 15) is 9.59 Å². The van der Waals surface area contributed by atoms with Crippen molar-refractivity contribution in [1.82, 2.24) is 10.2 Å². The predicted molar refractivity (Wildman–Crippen MR) is 93.0 cm³/mol. The van der Waals surface area contributed by atoms with Gasteiger partial charge in [-0.25, -0.2) is 0 Å². The summed E-state index contributed by atoms with van der Waals surface area (Å²) in [6.45, 7) is 2.26. The first-order valence-electron chi connectivity index (χ1n) is 8.59. The third-order valence-corrected chi connectivity index (χ3v) is 6.09. The molecule has 25 heavy (non-hydrogen) atoms. The summed E-state index contributed by atoms with van der Waals surface area (Å²) in [7, 11) is 1.64. The molecule has 3 aliphatic rings. The van der Waals surface area contributed by atoms with Gasteiger partial charge in [0.25, 0.3) is 0 Å². The van der Waals surface area contributed by atoms with E-state index >= 15 is 0 Å². The quantitative estimate of drug-likeness (QED) is 0.584. The zero-order valence-electron chi connectivity index (χ0n) is 14.1. The molecule has 0 saturated carbocycles. The van der Waals surface area contributed by atoms with Crippen LogP contribution < -0.4 is 5.32 Å². The number of carbonyl (C=O) groups excluding carboxylic acids is 2. The lowest BCUT2D eigenvalue weighted by molar-refractivity contribution is -0.137. The van der Waals surface area contributed by atoms with Crippen LogP contribution in [0.15, 0.2) is 29.7 Å². The first-order chi connectivity index (χ1) is 12.1. The Labute approximate surface area is 150 Å². The van der Waals surface area contributed by atoms with Crippen molar-refractivity contribution in [2.45, 2.75) is 24.7 Å². The maximum Gasteiger partial charge on any atom is 0.230 e. The second kappa shape index (κ2) is 6.55. The van der Waals surface area contributed by atoms with Crippen LogP contribution in [0, 0.1) is 11.8 Å². The molecular formula is C18H22N2O4S. The van der Waals surface area contributed by atoms with Crippen molar-refractivity contribution < 1.29 is 19.1 Å². The number of fused-ring (bicyclic) bond motifs is 1. The van der Waals surface area contributed by atoms with Crippen molar-refractivity contribution in [2.75, 3.05) is 26.8 Å². The largest absolute Gasteiger partial charge is 0.385 e. The Balaban J connectivity index is 1.47. The third kappa shape index (κ3) is 2.80. The van der Waals surface area contributed by atoms with Crippen LogP contribution in [-0.2, 0) is 25.6 Å². The average Bonchev–Trinajstić information content (AvgIpc) is 3.35. The highest BCUT2D eigenvalue weighted by Crippen LogP contribution is 2.52. The Kier molecular flexibility index (Phi) is 4.39. The van der Waals surface area contributed by atoms with Gasteiger partial charge in [-0.2, -0.15) is 0 Å². The topological polar surface area (TPSA) is 67.9 Å². The lowest BCUT2D eigenvalue weighted by atomic mass is 9.77. The Morgan fingerprint density at radius 1 is 1.56 bits per heavy atom. The fraction of sp³-hybridized carbons (Fsp3) is 0.556. The van der Waals surface area contributed by atoms with Gasteiger partial charge < -0.3 is 19.7 Å². The van der Waals surface area contributed by atoms with Gasteiger partial charge in [0.1, 0.15) is 5.60 Å². The number of carbonyl (C=O) groups is 2. The number of likely N-dealkylation sites (tertiary alicyclic amines) is 1. The van der Waals surface area contributed by atoms with E-state index in [1.54, 1.807) is 18.4 Å². The maximum atomic E-state index is 13.0. The molecule has 2 saturated heterocycles. The second-order valence-corrected chi connectivity index (χ2v) is 7.84. The molecule has 0 aromatic carbocycles. The number of nitrogens with one attached hydrogen (secondary N) is 1. The van der Waals surface area contributed by atoms with Crippen molar-refractivity contribution in [2.24, 2.45) is 11.8 Å². The lowest BCUT2D eigenvalue weighted by Crippen LogP contribution is -2.44. The van der Waals surface area contributed by atoms with Crippen LogP contribution in [0.25, 0.3) is 0 Å². The average molecular weight is 362 g/mol. The standard InChI is InChI=1S/C18H22N2O4S/c1-23-8-3-7-19-16(21)14-13-5-6-18(24-13)11-20(17(22)15(14)18)10-12-4-2-9-25-12/h2,4-6,9,13-15H,3,7-8,10-11H2,1H3,(H,19,21). The van der Waals surface area contributed by atoms with Crippen LogP contribution in [0.2, 0.25) is 0 Å². The molecule has 4 heterocycles. The van der Waals surface area contributed by atoms with Gasteiger partial charge in [-0.1, -0.05) is 18.2 Å². The lowest BCUT2D eigenvalue weighted by Gasteiger charge is -2.23. The van der Waals surface area contributed by atoms with Crippen molar-refractivity contribution >= 4 is 23.2 Å². The maximum absolute atomic E-state index is 13.0. The fourth-order valence-corrected chi connectivity index (χ4v) is 4.87. The monoisotopic (exact) mass is 362 g/mol. The molecular weight excluding hydrogens is 340 g/mol. The Morgan fingerprint density at radius 3 is 3.20 bits per heavy atom. The van der Waals surface area contributed by atoms with E-state index in [0.29, 0.717) is 26.2 Å². The van der Waals surface area contributed by atoms with E-state index in [1.807, 2.05) is 34.6 Å². The normalized spacial score (nSPS) is 32.4. The van der Waals surface area contributed by atoms with E-state index in [2.05, 4.69) is 5.32 Å². The number of hydrogen-bond donors (Lipinski definition) is 1. The van der Waals surface area contributed by atoms with Crippen LogP contribution in [-0.4, -0.2) is 55.2 Å². The zero-order valence-corrected chi connectivity index (χ0v) is 15.0. The van der Waals surface area contributed by atoms with Gasteiger partial charge in [0, 0.05) is 25.1 Å². The van der Waals surface area contributed by atoms with Crippen LogP contribution in [0.1, 0.15) is 11.3 Å². The minimum Gasteiger partial charge on any atom is -0.385 e. The minimum absolute atomic E-state index is 0.0253. The van der Waals surface area contributed by atoms with Gasteiger partial charge in [0.15, 0.2) is 0 Å². The number of ether oxygens (including phenoxy) is 2. The number of methoxy groups -OCH3 is 1. The fourth-order valence-electron chi connectivity index (χ4n) is 4.15. The summed E-state index contributed by atoms with van der Waals surface area (Å²) in [6, 6.07) is 4.01. The third-order valence-electron chi connectivity index (χ3n) is 5.23. The molecule has 0 aliphatic carbocycles. The van der Waals surface area contributed by atoms with Crippen LogP contribution in [0.3, 0.4) is 0 Å². The summed E-state index contributed by atoms with van der Waals surface area (Å²) >= 11 is 1.64. The summed E-state index contributed by atoms with van der Waals surface area (Å²) < 4.78 is 11.1. The highest BCUT2D eigenvalue weighted by atomic mass is 32.1. The van der Waals surface area contributed by atoms with Crippen LogP contribution in [0.4, 0.5) is 0 Å². The second-order valence-electron chi connectivity index (χ2n) is 6.81. The van der Waals surface area contributed by atoms with E-state index in [4.69, 9.17) is 9.47 Å². The highest BCUT2D eigenvalue weighted by molar-refractivity contribution is 7.09. The molecule has 3 aliphatic heterocycles. The molecule has 1 spiro atoms. The van der Waals surface area contributed by atoms with Crippen LogP contribution >= 0.6 is 11.3 Å². The Morgan fingerprint density at radius 2 is 2.44 bits per heavy atom. The molecule has 4 atom stereocenters. The van der Waals surface area contributed by atoms with Gasteiger partial charge >= 0.3 is 0 Å². The van der Waals surface area contributed by atoms with E-state index in [-0.39, 0.29) is 17.9 Å². The van der Waals surface area contributed by atoms with Gasteiger partial charge in [0.05, 0.1) is 31.0 Å². The van der Waals surface area contributed by atoms with Gasteiger partial charge in [-0.3, -0.25) is 9.59 Å². The molecule has 6 nitrogen and oxygen atoms in total. The molecule has 134 valence electrons. The van der Waals surface area contributed by atoms with Gasteiger partial charge in [-0.05, 0) is 17.9 Å². The zero-order chi connectivity index (χ0) is 17.4. The number of thiophene rings is 1.